The minimum absolute atomic E-state index is 0.259. The van der Waals surface area contributed by atoms with Crippen LogP contribution in [0, 0.1) is 5.82 Å². The first kappa shape index (κ1) is 16.2. The van der Waals surface area contributed by atoms with E-state index in [9.17, 15) is 14.3 Å². The van der Waals surface area contributed by atoms with E-state index >= 15 is 0 Å². The first-order chi connectivity index (χ1) is 11.6. The molecule has 0 bridgehead atoms. The molecular formula is C19H19FN2O2. The molecule has 0 saturated heterocycles. The van der Waals surface area contributed by atoms with Crippen LogP contribution >= 0.6 is 0 Å². The van der Waals surface area contributed by atoms with E-state index in [2.05, 4.69) is 4.98 Å². The molecule has 124 valence electrons. The van der Waals surface area contributed by atoms with Crippen LogP contribution in [0.1, 0.15) is 37.2 Å². The number of aromatic nitrogens is 2. The summed E-state index contributed by atoms with van der Waals surface area (Å²) in [7, 11) is 0. The third-order valence-corrected chi connectivity index (χ3v) is 4.13. The number of rotatable bonds is 6. The zero-order chi connectivity index (χ0) is 17.1. The van der Waals surface area contributed by atoms with Gasteiger partial charge >= 0.3 is 5.97 Å². The molecule has 2 aromatic carbocycles. The van der Waals surface area contributed by atoms with Gasteiger partial charge in [0.15, 0.2) is 0 Å². The molecule has 0 spiro atoms. The number of hydrogen-bond donors (Lipinski definition) is 1. The van der Waals surface area contributed by atoms with E-state index in [1.807, 2.05) is 31.2 Å². The van der Waals surface area contributed by atoms with E-state index in [1.165, 1.54) is 6.07 Å². The smallest absolute Gasteiger partial charge is 0.326 e. The number of imidazole rings is 1. The Morgan fingerprint density at radius 1 is 1.21 bits per heavy atom. The van der Waals surface area contributed by atoms with Gasteiger partial charge in [0.25, 0.3) is 0 Å². The second-order valence-corrected chi connectivity index (χ2v) is 5.80. The van der Waals surface area contributed by atoms with Gasteiger partial charge < -0.3 is 9.67 Å². The van der Waals surface area contributed by atoms with Crippen LogP contribution in [-0.2, 0) is 11.2 Å². The molecule has 1 heterocycles. The summed E-state index contributed by atoms with van der Waals surface area (Å²) >= 11 is 0. The quantitative estimate of drug-likeness (QED) is 0.739. The Bertz CT molecular complexity index is 873. The van der Waals surface area contributed by atoms with Gasteiger partial charge in [0.05, 0.1) is 11.0 Å². The number of benzene rings is 2. The SMILES string of the molecule is CCCC(C(=O)O)n1c(Cc2ccccc2F)nc2ccccc21. The molecule has 3 rings (SSSR count). The Morgan fingerprint density at radius 3 is 2.62 bits per heavy atom. The largest absolute Gasteiger partial charge is 0.480 e. The predicted octanol–water partition coefficient (Wildman–Crippen LogP) is 4.19. The van der Waals surface area contributed by atoms with Gasteiger partial charge in [-0.3, -0.25) is 0 Å². The Kier molecular flexibility index (Phi) is 4.60. The summed E-state index contributed by atoms with van der Waals surface area (Å²) in [6, 6.07) is 13.2. The molecule has 5 heteroatoms. The molecule has 1 aromatic heterocycles. The van der Waals surface area contributed by atoms with Crippen LogP contribution in [0.4, 0.5) is 4.39 Å². The molecule has 1 N–H and O–H groups in total. The molecule has 0 aliphatic carbocycles. The minimum atomic E-state index is -0.894. The molecule has 1 unspecified atom stereocenters. The van der Waals surface area contributed by atoms with Crippen LogP contribution in [0.25, 0.3) is 11.0 Å². The van der Waals surface area contributed by atoms with Crippen molar-refractivity contribution in [3.8, 4) is 0 Å². The zero-order valence-corrected chi connectivity index (χ0v) is 13.4. The van der Waals surface area contributed by atoms with E-state index in [1.54, 1.807) is 22.8 Å². The lowest BCUT2D eigenvalue weighted by Gasteiger charge is -2.17. The van der Waals surface area contributed by atoms with Gasteiger partial charge in [0.1, 0.15) is 17.7 Å². The summed E-state index contributed by atoms with van der Waals surface area (Å²) in [5.74, 6) is -0.629. The summed E-state index contributed by atoms with van der Waals surface area (Å²) in [6.45, 7) is 1.95. The van der Waals surface area contributed by atoms with Crippen LogP contribution in [0.5, 0.6) is 0 Å². The van der Waals surface area contributed by atoms with Gasteiger partial charge in [0.2, 0.25) is 0 Å². The first-order valence-electron chi connectivity index (χ1n) is 8.04. The first-order valence-corrected chi connectivity index (χ1v) is 8.04. The molecular weight excluding hydrogens is 307 g/mol. The molecule has 0 radical (unpaired) electrons. The average molecular weight is 326 g/mol. The highest BCUT2D eigenvalue weighted by atomic mass is 19.1. The molecule has 3 aromatic rings. The number of hydrogen-bond acceptors (Lipinski definition) is 2. The predicted molar refractivity (Wildman–Crippen MR) is 90.5 cm³/mol. The van der Waals surface area contributed by atoms with E-state index in [0.717, 1.165) is 17.5 Å². The maximum absolute atomic E-state index is 14.0. The Morgan fingerprint density at radius 2 is 1.92 bits per heavy atom. The summed E-state index contributed by atoms with van der Waals surface area (Å²) in [4.78, 5) is 16.3. The molecule has 0 amide bonds. The van der Waals surface area contributed by atoms with Crippen molar-refractivity contribution in [3.05, 3.63) is 65.7 Å². The molecule has 0 aliphatic rings. The number of carboxylic acids is 1. The summed E-state index contributed by atoms with van der Waals surface area (Å²) < 4.78 is 15.8. The van der Waals surface area contributed by atoms with Gasteiger partial charge in [-0.05, 0) is 30.2 Å². The van der Waals surface area contributed by atoms with Gasteiger partial charge in [-0.1, -0.05) is 43.7 Å². The van der Waals surface area contributed by atoms with E-state index < -0.39 is 12.0 Å². The highest BCUT2D eigenvalue weighted by molar-refractivity contribution is 5.80. The molecule has 0 aliphatic heterocycles. The fourth-order valence-electron chi connectivity index (χ4n) is 3.02. The summed E-state index contributed by atoms with van der Waals surface area (Å²) in [6.07, 6.45) is 1.50. The Balaban J connectivity index is 2.14. The van der Waals surface area contributed by atoms with Crippen molar-refractivity contribution in [3.63, 3.8) is 0 Å². The summed E-state index contributed by atoms with van der Waals surface area (Å²) in [5.41, 5.74) is 2.01. The van der Waals surface area contributed by atoms with Crippen LogP contribution in [0.2, 0.25) is 0 Å². The van der Waals surface area contributed by atoms with Crippen LogP contribution in [0.3, 0.4) is 0 Å². The van der Waals surface area contributed by atoms with Gasteiger partial charge in [-0.25, -0.2) is 14.2 Å². The molecule has 4 nitrogen and oxygen atoms in total. The van der Waals surface area contributed by atoms with Crippen molar-refractivity contribution in [1.82, 2.24) is 9.55 Å². The molecule has 24 heavy (non-hydrogen) atoms. The fraction of sp³-hybridized carbons (Fsp3) is 0.263. The van der Waals surface area contributed by atoms with Crippen molar-refractivity contribution in [2.75, 3.05) is 0 Å². The monoisotopic (exact) mass is 326 g/mol. The van der Waals surface area contributed by atoms with Crippen LogP contribution in [-0.4, -0.2) is 20.6 Å². The number of fused-ring (bicyclic) bond motifs is 1. The van der Waals surface area contributed by atoms with Crippen molar-refractivity contribution in [1.29, 1.82) is 0 Å². The average Bonchev–Trinajstić information content (AvgIpc) is 2.92. The van der Waals surface area contributed by atoms with Crippen molar-refractivity contribution >= 4 is 17.0 Å². The zero-order valence-electron chi connectivity index (χ0n) is 13.4. The third-order valence-electron chi connectivity index (χ3n) is 4.13. The molecule has 1 atom stereocenters. The van der Waals surface area contributed by atoms with Crippen LogP contribution in [0.15, 0.2) is 48.5 Å². The number of halogens is 1. The lowest BCUT2D eigenvalue weighted by molar-refractivity contribution is -0.141. The highest BCUT2D eigenvalue weighted by Crippen LogP contribution is 2.26. The normalized spacial score (nSPS) is 12.4. The van der Waals surface area contributed by atoms with Crippen molar-refractivity contribution < 1.29 is 14.3 Å². The number of nitrogens with zero attached hydrogens (tertiary/aromatic N) is 2. The Labute approximate surface area is 139 Å². The summed E-state index contributed by atoms with van der Waals surface area (Å²) in [5, 5.41) is 9.66. The van der Waals surface area contributed by atoms with Crippen molar-refractivity contribution in [2.24, 2.45) is 0 Å². The van der Waals surface area contributed by atoms with E-state index in [0.29, 0.717) is 17.8 Å². The second-order valence-electron chi connectivity index (χ2n) is 5.80. The highest BCUT2D eigenvalue weighted by Gasteiger charge is 2.24. The van der Waals surface area contributed by atoms with Gasteiger partial charge in [-0.15, -0.1) is 0 Å². The fourth-order valence-corrected chi connectivity index (χ4v) is 3.02. The van der Waals surface area contributed by atoms with Crippen LogP contribution < -0.4 is 0 Å². The van der Waals surface area contributed by atoms with Gasteiger partial charge in [0, 0.05) is 6.42 Å². The van der Waals surface area contributed by atoms with E-state index in [-0.39, 0.29) is 12.2 Å². The number of aliphatic carboxylic acids is 1. The topological polar surface area (TPSA) is 55.1 Å². The Hall–Kier alpha value is -2.69. The number of para-hydroxylation sites is 2. The number of carboxylic acid groups (broad SMARTS) is 1. The third kappa shape index (κ3) is 3.02. The number of carbonyl (C=O) groups is 1. The van der Waals surface area contributed by atoms with Gasteiger partial charge in [-0.2, -0.15) is 0 Å². The second kappa shape index (κ2) is 6.83. The molecule has 0 saturated carbocycles. The minimum Gasteiger partial charge on any atom is -0.480 e. The standard InChI is InChI=1S/C19H19FN2O2/c1-2-7-17(19(23)24)22-16-11-6-5-10-15(16)21-18(22)12-13-8-3-4-9-14(13)20/h3-6,8-11,17H,2,7,12H2,1H3,(H,23,24). The lowest BCUT2D eigenvalue weighted by Crippen LogP contribution is -2.21. The van der Waals surface area contributed by atoms with Crippen molar-refractivity contribution in [2.45, 2.75) is 32.2 Å². The van der Waals surface area contributed by atoms with E-state index in [4.69, 9.17) is 0 Å². The lowest BCUT2D eigenvalue weighted by atomic mass is 10.1. The molecule has 0 fully saturated rings. The maximum Gasteiger partial charge on any atom is 0.326 e. The maximum atomic E-state index is 14.0.